The van der Waals surface area contributed by atoms with Gasteiger partial charge in [-0.05, 0) is 36.8 Å². The van der Waals surface area contributed by atoms with Crippen molar-refractivity contribution >= 4 is 28.2 Å². The van der Waals surface area contributed by atoms with E-state index in [1.807, 2.05) is 24.3 Å². The Labute approximate surface area is 121 Å². The minimum atomic E-state index is 0.127. The first kappa shape index (κ1) is 12.9. The lowest BCUT2D eigenvalue weighted by Gasteiger charge is -2.01. The van der Waals surface area contributed by atoms with Crippen LogP contribution in [0.5, 0.6) is 0 Å². The van der Waals surface area contributed by atoms with E-state index in [1.54, 1.807) is 23.7 Å². The van der Waals surface area contributed by atoms with E-state index < -0.39 is 0 Å². The molecule has 4 heteroatoms. The molecule has 0 saturated heterocycles. The number of ketones is 1. The van der Waals surface area contributed by atoms with Crippen LogP contribution in [-0.4, -0.2) is 15.8 Å². The summed E-state index contributed by atoms with van der Waals surface area (Å²) in [7, 11) is 0. The van der Waals surface area contributed by atoms with Crippen molar-refractivity contribution < 1.29 is 4.79 Å². The van der Waals surface area contributed by atoms with Crippen molar-refractivity contribution in [3.8, 4) is 0 Å². The Morgan fingerprint density at radius 3 is 2.55 bits per heavy atom. The molecule has 0 spiro atoms. The van der Waals surface area contributed by atoms with Crippen molar-refractivity contribution in [1.82, 2.24) is 9.97 Å². The summed E-state index contributed by atoms with van der Waals surface area (Å²) >= 11 is 1.71. The Hall–Kier alpha value is -2.07. The van der Waals surface area contributed by atoms with Gasteiger partial charge in [-0.1, -0.05) is 6.92 Å². The van der Waals surface area contributed by atoms with E-state index in [2.05, 4.69) is 23.0 Å². The lowest BCUT2D eigenvalue weighted by atomic mass is 10.1. The fourth-order valence-electron chi connectivity index (χ4n) is 2.10. The molecule has 20 heavy (non-hydrogen) atoms. The molecule has 3 aromatic rings. The van der Waals surface area contributed by atoms with Crippen LogP contribution in [0.15, 0.2) is 42.7 Å². The van der Waals surface area contributed by atoms with Crippen LogP contribution < -0.4 is 0 Å². The third-order valence-electron chi connectivity index (χ3n) is 3.19. The third-order valence-corrected chi connectivity index (χ3v) is 4.42. The van der Waals surface area contributed by atoms with E-state index in [1.165, 1.54) is 4.88 Å². The first-order valence-electron chi connectivity index (χ1n) is 6.58. The molecule has 0 unspecified atom stereocenters. The third kappa shape index (κ3) is 2.60. The maximum atomic E-state index is 12.3. The second-order valence-electron chi connectivity index (χ2n) is 4.58. The van der Waals surface area contributed by atoms with Gasteiger partial charge in [0.15, 0.2) is 5.78 Å². The standard InChI is InChI=1S/C16H14N2OS/c1-2-12-4-5-13(20-12)10-16(19)11-3-6-14-15(9-11)18-8-7-17-14/h3-9H,2,10H2,1H3. The number of benzene rings is 1. The zero-order chi connectivity index (χ0) is 13.9. The Morgan fingerprint density at radius 1 is 1.05 bits per heavy atom. The van der Waals surface area contributed by atoms with Gasteiger partial charge < -0.3 is 0 Å². The second kappa shape index (κ2) is 5.51. The van der Waals surface area contributed by atoms with E-state index in [9.17, 15) is 4.79 Å². The van der Waals surface area contributed by atoms with Gasteiger partial charge in [-0.15, -0.1) is 11.3 Å². The van der Waals surface area contributed by atoms with Crippen molar-refractivity contribution in [2.24, 2.45) is 0 Å². The highest BCUT2D eigenvalue weighted by atomic mass is 32.1. The first-order chi connectivity index (χ1) is 9.76. The van der Waals surface area contributed by atoms with Crippen LogP contribution in [0.25, 0.3) is 11.0 Å². The normalized spacial score (nSPS) is 10.8. The molecular weight excluding hydrogens is 268 g/mol. The molecule has 3 nitrogen and oxygen atoms in total. The van der Waals surface area contributed by atoms with Gasteiger partial charge in [-0.2, -0.15) is 0 Å². The van der Waals surface area contributed by atoms with Crippen LogP contribution in [0.3, 0.4) is 0 Å². The van der Waals surface area contributed by atoms with Gasteiger partial charge >= 0.3 is 0 Å². The van der Waals surface area contributed by atoms with Crippen molar-refractivity contribution in [2.75, 3.05) is 0 Å². The largest absolute Gasteiger partial charge is 0.294 e. The average Bonchev–Trinajstić information content (AvgIpc) is 2.94. The molecule has 0 saturated carbocycles. The van der Waals surface area contributed by atoms with E-state index in [0.717, 1.165) is 22.3 Å². The van der Waals surface area contributed by atoms with Crippen LogP contribution >= 0.6 is 11.3 Å². The van der Waals surface area contributed by atoms with Crippen LogP contribution in [0.4, 0.5) is 0 Å². The monoisotopic (exact) mass is 282 g/mol. The summed E-state index contributed by atoms with van der Waals surface area (Å²) < 4.78 is 0. The minimum absolute atomic E-state index is 0.127. The Bertz CT molecular complexity index is 764. The number of fused-ring (bicyclic) bond motifs is 1. The highest BCUT2D eigenvalue weighted by Gasteiger charge is 2.10. The average molecular weight is 282 g/mol. The number of hydrogen-bond acceptors (Lipinski definition) is 4. The SMILES string of the molecule is CCc1ccc(CC(=O)c2ccc3nccnc3c2)s1. The molecule has 2 aromatic heterocycles. The van der Waals surface area contributed by atoms with Crippen LogP contribution in [0.1, 0.15) is 27.0 Å². The van der Waals surface area contributed by atoms with Crippen LogP contribution in [0.2, 0.25) is 0 Å². The zero-order valence-electron chi connectivity index (χ0n) is 11.2. The molecule has 1 aromatic carbocycles. The summed E-state index contributed by atoms with van der Waals surface area (Å²) in [4.78, 5) is 23.2. The topological polar surface area (TPSA) is 42.9 Å². The fourth-order valence-corrected chi connectivity index (χ4v) is 3.06. The smallest absolute Gasteiger partial charge is 0.168 e. The van der Waals surface area contributed by atoms with E-state index in [4.69, 9.17) is 0 Å². The van der Waals surface area contributed by atoms with E-state index in [-0.39, 0.29) is 5.78 Å². The van der Waals surface area contributed by atoms with Crippen molar-refractivity contribution in [3.63, 3.8) is 0 Å². The zero-order valence-corrected chi connectivity index (χ0v) is 12.0. The number of Topliss-reactive ketones (excluding diaryl/α,β-unsaturated/α-hetero) is 1. The molecule has 0 atom stereocenters. The molecule has 0 amide bonds. The van der Waals surface area contributed by atoms with Gasteiger partial charge in [0, 0.05) is 34.1 Å². The van der Waals surface area contributed by atoms with Gasteiger partial charge in [-0.3, -0.25) is 14.8 Å². The molecule has 0 aliphatic rings. The van der Waals surface area contributed by atoms with Gasteiger partial charge in [0.1, 0.15) is 0 Å². The quantitative estimate of drug-likeness (QED) is 0.686. The predicted molar refractivity (Wildman–Crippen MR) is 81.3 cm³/mol. The number of aryl methyl sites for hydroxylation is 1. The molecule has 0 N–H and O–H groups in total. The molecule has 3 rings (SSSR count). The highest BCUT2D eigenvalue weighted by Crippen LogP contribution is 2.20. The summed E-state index contributed by atoms with van der Waals surface area (Å²) in [6.07, 6.45) is 4.77. The first-order valence-corrected chi connectivity index (χ1v) is 7.39. The second-order valence-corrected chi connectivity index (χ2v) is 5.83. The molecular formula is C16H14N2OS. The maximum absolute atomic E-state index is 12.3. The lowest BCUT2D eigenvalue weighted by Crippen LogP contribution is -2.02. The van der Waals surface area contributed by atoms with Gasteiger partial charge in [-0.25, -0.2) is 0 Å². The van der Waals surface area contributed by atoms with Crippen molar-refractivity contribution in [3.05, 3.63) is 58.0 Å². The fraction of sp³-hybridized carbons (Fsp3) is 0.188. The summed E-state index contributed by atoms with van der Waals surface area (Å²) in [6.45, 7) is 2.12. The number of carbonyl (C=O) groups is 1. The number of carbonyl (C=O) groups excluding carboxylic acids is 1. The maximum Gasteiger partial charge on any atom is 0.168 e. The number of nitrogens with zero attached hydrogens (tertiary/aromatic N) is 2. The highest BCUT2D eigenvalue weighted by molar-refractivity contribution is 7.12. The Morgan fingerprint density at radius 2 is 1.80 bits per heavy atom. The molecule has 0 aliphatic heterocycles. The molecule has 0 bridgehead atoms. The van der Waals surface area contributed by atoms with Crippen molar-refractivity contribution in [1.29, 1.82) is 0 Å². The summed E-state index contributed by atoms with van der Waals surface area (Å²) in [5.74, 6) is 0.127. The molecule has 2 heterocycles. The number of hydrogen-bond donors (Lipinski definition) is 0. The number of aromatic nitrogens is 2. The number of rotatable bonds is 4. The molecule has 0 fully saturated rings. The molecule has 0 radical (unpaired) electrons. The van der Waals surface area contributed by atoms with Gasteiger partial charge in [0.05, 0.1) is 11.0 Å². The molecule has 0 aliphatic carbocycles. The van der Waals surface area contributed by atoms with E-state index >= 15 is 0 Å². The number of thiophene rings is 1. The summed E-state index contributed by atoms with van der Waals surface area (Å²) in [6, 6.07) is 9.63. The van der Waals surface area contributed by atoms with Crippen molar-refractivity contribution in [2.45, 2.75) is 19.8 Å². The van der Waals surface area contributed by atoms with E-state index in [0.29, 0.717) is 12.0 Å². The molecule has 100 valence electrons. The predicted octanol–water partition coefficient (Wildman–Crippen LogP) is 3.68. The summed E-state index contributed by atoms with van der Waals surface area (Å²) in [5.41, 5.74) is 2.27. The van der Waals surface area contributed by atoms with Gasteiger partial charge in [0.2, 0.25) is 0 Å². The Kier molecular flexibility index (Phi) is 3.56. The van der Waals surface area contributed by atoms with Gasteiger partial charge in [0.25, 0.3) is 0 Å². The minimum Gasteiger partial charge on any atom is -0.294 e. The summed E-state index contributed by atoms with van der Waals surface area (Å²) in [5, 5.41) is 0. The van der Waals surface area contributed by atoms with Crippen LogP contribution in [0, 0.1) is 0 Å². The van der Waals surface area contributed by atoms with Crippen LogP contribution in [-0.2, 0) is 12.8 Å². The Balaban J connectivity index is 1.84. The lowest BCUT2D eigenvalue weighted by molar-refractivity contribution is 0.0994.